The molecule has 2 rings (SSSR count). The molecule has 2 aromatic rings. The Labute approximate surface area is 67.8 Å². The van der Waals surface area contributed by atoms with Crippen LogP contribution in [0.15, 0.2) is 33.8 Å². The van der Waals surface area contributed by atoms with E-state index < -0.39 is 0 Å². The van der Waals surface area contributed by atoms with Gasteiger partial charge in [0.15, 0.2) is 5.58 Å². The molecule has 0 saturated carbocycles. The topological polar surface area (TPSA) is 35.1 Å². The van der Waals surface area contributed by atoms with Crippen molar-refractivity contribution in [2.75, 3.05) is 0 Å². The van der Waals surface area contributed by atoms with Gasteiger partial charge in [-0.25, -0.2) is 0 Å². The second-order valence-electron chi connectivity index (χ2n) is 2.17. The second kappa shape index (κ2) is 2.17. The van der Waals surface area contributed by atoms with Crippen molar-refractivity contribution < 1.29 is 4.42 Å². The van der Waals surface area contributed by atoms with Crippen molar-refractivity contribution in [1.82, 2.24) is 3.97 Å². The molecule has 0 fully saturated rings. The van der Waals surface area contributed by atoms with Gasteiger partial charge in [0.1, 0.15) is 0 Å². The van der Waals surface area contributed by atoms with Gasteiger partial charge < -0.3 is 4.42 Å². The molecule has 0 aromatic carbocycles. The zero-order chi connectivity index (χ0) is 7.84. The minimum atomic E-state index is -0.226. The Bertz CT molecular complexity index is 443. The Hall–Kier alpha value is -1.16. The monoisotopic (exact) mass is 167 g/mol. The first kappa shape index (κ1) is 6.54. The molecule has 0 bridgehead atoms. The van der Waals surface area contributed by atoms with E-state index in [9.17, 15) is 4.79 Å². The fourth-order valence-corrected chi connectivity index (χ4v) is 1.10. The SMILES string of the molecule is O=c1c2occc2ccn1S. The smallest absolute Gasteiger partial charge is 0.303 e. The van der Waals surface area contributed by atoms with E-state index in [0.29, 0.717) is 5.58 Å². The molecule has 2 heterocycles. The summed E-state index contributed by atoms with van der Waals surface area (Å²) >= 11 is 3.89. The van der Waals surface area contributed by atoms with Crippen LogP contribution in [0.2, 0.25) is 0 Å². The van der Waals surface area contributed by atoms with Crippen molar-refractivity contribution in [3.05, 3.63) is 34.9 Å². The summed E-state index contributed by atoms with van der Waals surface area (Å²) in [4.78, 5) is 11.2. The summed E-state index contributed by atoms with van der Waals surface area (Å²) in [5.74, 6) is 0. The van der Waals surface area contributed by atoms with Crippen LogP contribution in [0, 0.1) is 0 Å². The maximum absolute atomic E-state index is 11.2. The number of furan rings is 1. The maximum atomic E-state index is 11.2. The summed E-state index contributed by atoms with van der Waals surface area (Å²) in [5, 5.41) is 0.806. The summed E-state index contributed by atoms with van der Waals surface area (Å²) in [7, 11) is 0. The molecule has 0 aliphatic carbocycles. The van der Waals surface area contributed by atoms with Crippen LogP contribution in [0.25, 0.3) is 11.0 Å². The predicted octanol–water partition coefficient (Wildman–Crippen LogP) is 1.29. The Balaban J connectivity index is 3.05. The van der Waals surface area contributed by atoms with Crippen LogP contribution in [-0.4, -0.2) is 3.97 Å². The van der Waals surface area contributed by atoms with Crippen LogP contribution in [0.3, 0.4) is 0 Å². The molecule has 0 saturated heterocycles. The van der Waals surface area contributed by atoms with Gasteiger partial charge in [-0.1, -0.05) is 12.8 Å². The molecule has 0 amide bonds. The van der Waals surface area contributed by atoms with Gasteiger partial charge in [0.05, 0.1) is 6.26 Å². The van der Waals surface area contributed by atoms with Gasteiger partial charge in [0, 0.05) is 11.6 Å². The minimum absolute atomic E-state index is 0.226. The molecule has 56 valence electrons. The van der Waals surface area contributed by atoms with Crippen LogP contribution in [-0.2, 0) is 0 Å². The predicted molar refractivity (Wildman–Crippen MR) is 44.9 cm³/mol. The molecular formula is C7H5NO2S. The van der Waals surface area contributed by atoms with E-state index in [1.807, 2.05) is 0 Å². The third-order valence-electron chi connectivity index (χ3n) is 1.49. The molecule has 0 radical (unpaired) electrons. The number of thiol groups is 1. The number of pyridine rings is 1. The maximum Gasteiger partial charge on any atom is 0.303 e. The Morgan fingerprint density at radius 2 is 2.27 bits per heavy atom. The highest BCUT2D eigenvalue weighted by Crippen LogP contribution is 2.09. The molecule has 0 spiro atoms. The van der Waals surface area contributed by atoms with Crippen LogP contribution in [0.5, 0.6) is 0 Å². The summed E-state index contributed by atoms with van der Waals surface area (Å²) in [6.45, 7) is 0. The molecule has 0 aliphatic rings. The van der Waals surface area contributed by atoms with E-state index >= 15 is 0 Å². The summed E-state index contributed by atoms with van der Waals surface area (Å²) in [6.07, 6.45) is 3.07. The lowest BCUT2D eigenvalue weighted by Gasteiger charge is -1.91. The van der Waals surface area contributed by atoms with Gasteiger partial charge in [-0.3, -0.25) is 8.77 Å². The zero-order valence-corrected chi connectivity index (χ0v) is 6.41. The molecule has 0 unspecified atom stereocenters. The summed E-state index contributed by atoms with van der Waals surface area (Å²) in [6, 6.07) is 3.51. The van der Waals surface area contributed by atoms with Crippen molar-refractivity contribution in [2.45, 2.75) is 0 Å². The lowest BCUT2D eigenvalue weighted by atomic mass is 10.3. The highest BCUT2D eigenvalue weighted by atomic mass is 32.1. The highest BCUT2D eigenvalue weighted by molar-refractivity contribution is 7.78. The van der Waals surface area contributed by atoms with Crippen LogP contribution >= 0.6 is 12.8 Å². The fraction of sp³-hybridized carbons (Fsp3) is 0. The van der Waals surface area contributed by atoms with Gasteiger partial charge in [-0.15, -0.1) is 0 Å². The van der Waals surface area contributed by atoms with Gasteiger partial charge in [-0.05, 0) is 12.1 Å². The third-order valence-corrected chi connectivity index (χ3v) is 1.81. The lowest BCUT2D eigenvalue weighted by molar-refractivity contribution is 0.610. The first-order valence-electron chi connectivity index (χ1n) is 3.07. The summed E-state index contributed by atoms with van der Waals surface area (Å²) < 4.78 is 6.13. The molecule has 3 nitrogen and oxygen atoms in total. The van der Waals surface area contributed by atoms with Gasteiger partial charge >= 0.3 is 5.56 Å². The molecule has 0 atom stereocenters. The van der Waals surface area contributed by atoms with E-state index in [1.54, 1.807) is 18.3 Å². The normalized spacial score (nSPS) is 10.6. The van der Waals surface area contributed by atoms with E-state index in [2.05, 4.69) is 12.8 Å². The number of hydrogen-bond donors (Lipinski definition) is 1. The number of hydrogen-bond acceptors (Lipinski definition) is 3. The van der Waals surface area contributed by atoms with Crippen LogP contribution in [0.1, 0.15) is 0 Å². The van der Waals surface area contributed by atoms with E-state index in [4.69, 9.17) is 4.42 Å². The Kier molecular flexibility index (Phi) is 1.29. The van der Waals surface area contributed by atoms with Crippen LogP contribution in [0.4, 0.5) is 0 Å². The average Bonchev–Trinajstić information content (AvgIpc) is 2.45. The van der Waals surface area contributed by atoms with Crippen molar-refractivity contribution in [1.29, 1.82) is 0 Å². The first-order valence-corrected chi connectivity index (χ1v) is 3.47. The molecule has 11 heavy (non-hydrogen) atoms. The van der Waals surface area contributed by atoms with Gasteiger partial charge in [0.25, 0.3) is 0 Å². The first-order chi connectivity index (χ1) is 5.29. The van der Waals surface area contributed by atoms with Crippen molar-refractivity contribution in [3.63, 3.8) is 0 Å². The van der Waals surface area contributed by atoms with Crippen molar-refractivity contribution in [3.8, 4) is 0 Å². The average molecular weight is 167 g/mol. The fourth-order valence-electron chi connectivity index (χ4n) is 0.947. The van der Waals surface area contributed by atoms with Gasteiger partial charge in [0.2, 0.25) is 0 Å². The number of nitrogens with zero attached hydrogens (tertiary/aromatic N) is 1. The molecule has 0 N–H and O–H groups in total. The van der Waals surface area contributed by atoms with Crippen molar-refractivity contribution in [2.24, 2.45) is 0 Å². The third kappa shape index (κ3) is 0.867. The van der Waals surface area contributed by atoms with E-state index in [1.165, 1.54) is 10.2 Å². The second-order valence-corrected chi connectivity index (χ2v) is 2.60. The molecule has 2 aromatic heterocycles. The summed E-state index contributed by atoms with van der Waals surface area (Å²) in [5.41, 5.74) is 0.123. The highest BCUT2D eigenvalue weighted by Gasteiger charge is 2.01. The number of rotatable bonds is 0. The Morgan fingerprint density at radius 3 is 3.09 bits per heavy atom. The minimum Gasteiger partial charge on any atom is -0.458 e. The Morgan fingerprint density at radius 1 is 1.45 bits per heavy atom. The quantitative estimate of drug-likeness (QED) is 0.600. The van der Waals surface area contributed by atoms with E-state index in [-0.39, 0.29) is 5.56 Å². The lowest BCUT2D eigenvalue weighted by Crippen LogP contribution is -2.10. The van der Waals surface area contributed by atoms with Crippen LogP contribution < -0.4 is 5.56 Å². The standard InChI is InChI=1S/C7H5NO2S/c9-7-6-5(2-4-10-6)1-3-8(7)11/h1-4,11H. The van der Waals surface area contributed by atoms with Crippen molar-refractivity contribution >= 4 is 23.8 Å². The van der Waals surface area contributed by atoms with Gasteiger partial charge in [-0.2, -0.15) is 0 Å². The zero-order valence-electron chi connectivity index (χ0n) is 5.52. The molecule has 4 heteroatoms. The van der Waals surface area contributed by atoms with E-state index in [0.717, 1.165) is 5.39 Å². The number of fused-ring (bicyclic) bond motifs is 1. The molecule has 0 aliphatic heterocycles. The number of aromatic nitrogens is 1. The largest absolute Gasteiger partial charge is 0.458 e. The molecular weight excluding hydrogens is 162 g/mol.